The second-order valence-electron chi connectivity index (χ2n) is 6.17. The molecule has 0 saturated carbocycles. The van der Waals surface area contributed by atoms with Gasteiger partial charge < -0.3 is 14.6 Å². The van der Waals surface area contributed by atoms with Crippen molar-refractivity contribution >= 4 is 40.9 Å². The molecule has 0 aliphatic rings. The van der Waals surface area contributed by atoms with E-state index in [-0.39, 0.29) is 11.7 Å². The second kappa shape index (κ2) is 10.3. The summed E-state index contributed by atoms with van der Waals surface area (Å²) in [5.41, 5.74) is 1.71. The molecular weight excluding hydrogens is 424 g/mol. The number of hydrogen-bond acceptors (Lipinski definition) is 6. The highest BCUT2D eigenvalue weighted by atomic mass is 35.5. The van der Waals surface area contributed by atoms with E-state index >= 15 is 0 Å². The highest BCUT2D eigenvalue weighted by Crippen LogP contribution is 2.29. The summed E-state index contributed by atoms with van der Waals surface area (Å²) < 4.78 is 6.90. The Balaban J connectivity index is 1.66. The Kier molecular flexibility index (Phi) is 7.48. The summed E-state index contributed by atoms with van der Waals surface area (Å²) in [4.78, 5) is 24.2. The van der Waals surface area contributed by atoms with E-state index in [1.54, 1.807) is 37.3 Å². The summed E-state index contributed by atoms with van der Waals surface area (Å²) >= 11 is 7.57. The van der Waals surface area contributed by atoms with Crippen LogP contribution in [-0.2, 0) is 16.1 Å². The normalized spacial score (nSPS) is 10.6. The zero-order chi connectivity index (χ0) is 21.5. The van der Waals surface area contributed by atoms with Crippen molar-refractivity contribution in [1.29, 1.82) is 0 Å². The molecule has 1 N–H and O–H groups in total. The lowest BCUT2D eigenvalue weighted by molar-refractivity contribution is -0.113. The molecule has 9 heteroatoms. The topological polar surface area (TPSA) is 86.1 Å². The van der Waals surface area contributed by atoms with Gasteiger partial charge in [-0.05, 0) is 44.2 Å². The van der Waals surface area contributed by atoms with E-state index in [4.69, 9.17) is 16.3 Å². The van der Waals surface area contributed by atoms with Gasteiger partial charge >= 0.3 is 5.97 Å². The number of aromatic nitrogens is 3. The van der Waals surface area contributed by atoms with Crippen molar-refractivity contribution in [2.75, 3.05) is 17.7 Å². The number of esters is 1. The standard InChI is InChI=1S/C21H21ClN4O3S/c1-3-26-19(16-10-5-6-11-17(16)22)24-25-21(26)30-13-18(27)23-15-9-7-8-14(12-15)20(28)29-4-2/h5-12H,3-4,13H2,1-2H3,(H,23,27). The lowest BCUT2D eigenvalue weighted by atomic mass is 10.2. The van der Waals surface area contributed by atoms with Gasteiger partial charge in [0.15, 0.2) is 11.0 Å². The largest absolute Gasteiger partial charge is 0.462 e. The van der Waals surface area contributed by atoms with Gasteiger partial charge in [0.05, 0.1) is 22.9 Å². The van der Waals surface area contributed by atoms with Gasteiger partial charge in [0, 0.05) is 17.8 Å². The first kappa shape index (κ1) is 21.9. The first-order chi connectivity index (χ1) is 14.5. The van der Waals surface area contributed by atoms with E-state index in [1.165, 1.54) is 11.8 Å². The smallest absolute Gasteiger partial charge is 0.338 e. The number of carbonyl (C=O) groups is 2. The average Bonchev–Trinajstić information content (AvgIpc) is 3.15. The van der Waals surface area contributed by atoms with Crippen molar-refractivity contribution in [2.45, 2.75) is 25.5 Å². The van der Waals surface area contributed by atoms with Crippen LogP contribution in [0.5, 0.6) is 0 Å². The van der Waals surface area contributed by atoms with Crippen LogP contribution in [0.2, 0.25) is 5.02 Å². The van der Waals surface area contributed by atoms with Crippen molar-refractivity contribution in [1.82, 2.24) is 14.8 Å². The Morgan fingerprint density at radius 2 is 1.93 bits per heavy atom. The number of rotatable bonds is 8. The Morgan fingerprint density at radius 1 is 1.13 bits per heavy atom. The minimum atomic E-state index is -0.425. The highest BCUT2D eigenvalue weighted by molar-refractivity contribution is 7.99. The summed E-state index contributed by atoms with van der Waals surface area (Å²) in [5, 5.41) is 12.5. The van der Waals surface area contributed by atoms with Crippen molar-refractivity contribution in [3.63, 3.8) is 0 Å². The molecule has 156 valence electrons. The minimum Gasteiger partial charge on any atom is -0.462 e. The van der Waals surface area contributed by atoms with Gasteiger partial charge in [-0.3, -0.25) is 4.79 Å². The number of thioether (sulfide) groups is 1. The molecule has 0 spiro atoms. The maximum Gasteiger partial charge on any atom is 0.338 e. The van der Waals surface area contributed by atoms with Crippen molar-refractivity contribution in [2.24, 2.45) is 0 Å². The molecular formula is C21H21ClN4O3S. The Bertz CT molecular complexity index is 1050. The molecule has 0 saturated heterocycles. The molecule has 1 heterocycles. The van der Waals surface area contributed by atoms with Gasteiger partial charge in [0.2, 0.25) is 5.91 Å². The van der Waals surface area contributed by atoms with Crippen LogP contribution in [0.25, 0.3) is 11.4 Å². The predicted octanol–water partition coefficient (Wildman–Crippen LogP) is 4.53. The van der Waals surface area contributed by atoms with Crippen molar-refractivity contribution < 1.29 is 14.3 Å². The number of halogens is 1. The molecule has 0 atom stereocenters. The van der Waals surface area contributed by atoms with Crippen LogP contribution in [-0.4, -0.2) is 39.0 Å². The molecule has 2 aromatic carbocycles. The fraction of sp³-hybridized carbons (Fsp3) is 0.238. The molecule has 0 aliphatic carbocycles. The number of anilines is 1. The summed E-state index contributed by atoms with van der Waals surface area (Å²) in [5.74, 6) is 0.162. The van der Waals surface area contributed by atoms with Crippen LogP contribution in [0.4, 0.5) is 5.69 Å². The molecule has 1 amide bonds. The van der Waals surface area contributed by atoms with Gasteiger partial charge in [-0.15, -0.1) is 10.2 Å². The molecule has 0 radical (unpaired) electrons. The Hall–Kier alpha value is -2.84. The van der Waals surface area contributed by atoms with E-state index < -0.39 is 5.97 Å². The molecule has 30 heavy (non-hydrogen) atoms. The summed E-state index contributed by atoms with van der Waals surface area (Å²) in [6, 6.07) is 14.1. The summed E-state index contributed by atoms with van der Waals surface area (Å²) in [6.45, 7) is 4.65. The first-order valence-corrected chi connectivity index (χ1v) is 10.8. The SMILES string of the molecule is CCOC(=O)c1cccc(NC(=O)CSc2nnc(-c3ccccc3Cl)n2CC)c1. The number of nitrogens with zero attached hydrogens (tertiary/aromatic N) is 3. The fourth-order valence-corrected chi connectivity index (χ4v) is 3.81. The van der Waals surface area contributed by atoms with Crippen LogP contribution < -0.4 is 5.32 Å². The predicted molar refractivity (Wildman–Crippen MR) is 118 cm³/mol. The third-order valence-electron chi connectivity index (χ3n) is 4.14. The lowest BCUT2D eigenvalue weighted by Gasteiger charge is -2.09. The Morgan fingerprint density at radius 3 is 2.67 bits per heavy atom. The van der Waals surface area contributed by atoms with Crippen molar-refractivity contribution in [3.8, 4) is 11.4 Å². The van der Waals surface area contributed by atoms with E-state index in [1.807, 2.05) is 29.7 Å². The van der Waals surface area contributed by atoms with E-state index in [0.29, 0.717) is 40.4 Å². The number of carbonyl (C=O) groups excluding carboxylic acids is 2. The molecule has 0 bridgehead atoms. The van der Waals surface area contributed by atoms with E-state index in [2.05, 4.69) is 15.5 Å². The molecule has 7 nitrogen and oxygen atoms in total. The molecule has 0 unspecified atom stereocenters. The summed E-state index contributed by atoms with van der Waals surface area (Å²) in [6.07, 6.45) is 0. The second-order valence-corrected chi connectivity index (χ2v) is 7.52. The molecule has 3 aromatic rings. The third-order valence-corrected chi connectivity index (χ3v) is 5.43. The van der Waals surface area contributed by atoms with Gasteiger partial charge in [-0.2, -0.15) is 0 Å². The average molecular weight is 445 g/mol. The number of nitrogens with one attached hydrogen (secondary N) is 1. The highest BCUT2D eigenvalue weighted by Gasteiger charge is 2.16. The van der Waals surface area contributed by atoms with Crippen LogP contribution in [0.1, 0.15) is 24.2 Å². The number of hydrogen-bond donors (Lipinski definition) is 1. The van der Waals surface area contributed by atoms with Crippen LogP contribution >= 0.6 is 23.4 Å². The number of amides is 1. The van der Waals surface area contributed by atoms with E-state index in [9.17, 15) is 9.59 Å². The molecule has 0 aliphatic heterocycles. The number of ether oxygens (including phenoxy) is 1. The first-order valence-electron chi connectivity index (χ1n) is 9.41. The van der Waals surface area contributed by atoms with E-state index in [0.717, 1.165) is 5.56 Å². The third kappa shape index (κ3) is 5.20. The number of benzene rings is 2. The van der Waals surface area contributed by atoms with Crippen LogP contribution in [0.15, 0.2) is 53.7 Å². The van der Waals surface area contributed by atoms with Gasteiger partial charge in [-0.25, -0.2) is 4.79 Å². The zero-order valence-electron chi connectivity index (χ0n) is 16.6. The van der Waals surface area contributed by atoms with Crippen LogP contribution in [0.3, 0.4) is 0 Å². The maximum atomic E-state index is 12.4. The van der Waals surface area contributed by atoms with Gasteiger partial charge in [0.1, 0.15) is 0 Å². The molecule has 3 rings (SSSR count). The quantitative estimate of drug-likeness (QED) is 0.406. The lowest BCUT2D eigenvalue weighted by Crippen LogP contribution is -2.15. The fourth-order valence-electron chi connectivity index (χ4n) is 2.79. The van der Waals surface area contributed by atoms with Gasteiger partial charge in [0.25, 0.3) is 0 Å². The minimum absolute atomic E-state index is 0.143. The molecule has 0 fully saturated rings. The summed E-state index contributed by atoms with van der Waals surface area (Å²) in [7, 11) is 0. The maximum absolute atomic E-state index is 12.4. The molecule has 1 aromatic heterocycles. The van der Waals surface area contributed by atoms with Gasteiger partial charge in [-0.1, -0.05) is 41.6 Å². The zero-order valence-corrected chi connectivity index (χ0v) is 18.2. The monoisotopic (exact) mass is 444 g/mol. The van der Waals surface area contributed by atoms with Crippen LogP contribution in [0, 0.1) is 0 Å². The Labute approximate surface area is 183 Å². The van der Waals surface area contributed by atoms with Crippen molar-refractivity contribution in [3.05, 3.63) is 59.1 Å².